The average molecular weight is 219 g/mol. The fourth-order valence-corrected chi connectivity index (χ4v) is 1.71. The van der Waals surface area contributed by atoms with Crippen LogP contribution in [0.25, 0.3) is 0 Å². The summed E-state index contributed by atoms with van der Waals surface area (Å²) in [6.45, 7) is 0. The fraction of sp³-hybridized carbons (Fsp3) is 0.333. The normalized spacial score (nSPS) is 9.85. The van der Waals surface area contributed by atoms with Crippen LogP contribution in [0.2, 0.25) is 5.02 Å². The van der Waals surface area contributed by atoms with Crippen LogP contribution in [0.1, 0.15) is 5.56 Å². The van der Waals surface area contributed by atoms with Crippen LogP contribution in [0, 0.1) is 0 Å². The molecule has 0 aliphatic heterocycles. The smallest absolute Gasteiger partial charge is 0.179 e. The number of methoxy groups -OCH3 is 2. The van der Waals surface area contributed by atoms with Gasteiger partial charge in [-0.1, -0.05) is 17.7 Å². The van der Waals surface area contributed by atoms with Gasteiger partial charge >= 0.3 is 0 Å². The third-order valence-electron chi connectivity index (χ3n) is 1.74. The summed E-state index contributed by atoms with van der Waals surface area (Å²) in [7, 11) is 3.14. The summed E-state index contributed by atoms with van der Waals surface area (Å²) >= 11 is 10.2. The molecule has 0 atom stereocenters. The molecule has 0 aliphatic carbocycles. The number of hydrogen-bond donors (Lipinski definition) is 1. The summed E-state index contributed by atoms with van der Waals surface area (Å²) in [5, 5.41) is 0.567. The van der Waals surface area contributed by atoms with Gasteiger partial charge in [-0.15, -0.1) is 0 Å². The van der Waals surface area contributed by atoms with Gasteiger partial charge in [0.15, 0.2) is 11.5 Å². The average Bonchev–Trinajstić information content (AvgIpc) is 2.17. The van der Waals surface area contributed by atoms with Crippen molar-refractivity contribution >= 4 is 24.2 Å². The molecule has 0 aromatic heterocycles. The predicted octanol–water partition coefficient (Wildman–Crippen LogP) is 2.79. The zero-order valence-electron chi connectivity index (χ0n) is 7.50. The largest absolute Gasteiger partial charge is 0.493 e. The molecule has 0 saturated heterocycles. The van der Waals surface area contributed by atoms with E-state index in [1.807, 2.05) is 12.1 Å². The predicted molar refractivity (Wildman–Crippen MR) is 57.2 cm³/mol. The lowest BCUT2D eigenvalue weighted by Crippen LogP contribution is -1.93. The first-order valence-electron chi connectivity index (χ1n) is 3.74. The van der Waals surface area contributed by atoms with Gasteiger partial charge in [-0.3, -0.25) is 0 Å². The summed E-state index contributed by atoms with van der Waals surface area (Å²) in [6.07, 6.45) is 0. The zero-order valence-corrected chi connectivity index (χ0v) is 9.15. The maximum absolute atomic E-state index is 6.04. The Kier molecular flexibility index (Phi) is 3.75. The zero-order chi connectivity index (χ0) is 9.84. The third-order valence-corrected chi connectivity index (χ3v) is 2.49. The van der Waals surface area contributed by atoms with E-state index in [4.69, 9.17) is 21.1 Å². The molecule has 2 nitrogen and oxygen atoms in total. The first-order valence-corrected chi connectivity index (χ1v) is 4.75. The van der Waals surface area contributed by atoms with E-state index in [9.17, 15) is 0 Å². The molecular formula is C9H11ClO2S. The lowest BCUT2D eigenvalue weighted by atomic mass is 10.2. The Morgan fingerprint density at radius 2 is 2.00 bits per heavy atom. The van der Waals surface area contributed by atoms with Gasteiger partial charge in [0.25, 0.3) is 0 Å². The van der Waals surface area contributed by atoms with E-state index < -0.39 is 0 Å². The molecule has 0 fully saturated rings. The molecule has 0 heterocycles. The van der Waals surface area contributed by atoms with E-state index in [0.717, 1.165) is 5.56 Å². The van der Waals surface area contributed by atoms with Gasteiger partial charge in [0, 0.05) is 5.75 Å². The Balaban J connectivity index is 3.23. The molecule has 0 N–H and O–H groups in total. The van der Waals surface area contributed by atoms with Crippen molar-refractivity contribution in [3.05, 3.63) is 22.7 Å². The molecule has 1 aromatic rings. The fourth-order valence-electron chi connectivity index (χ4n) is 1.05. The molecule has 1 rings (SSSR count). The van der Waals surface area contributed by atoms with E-state index in [1.165, 1.54) is 0 Å². The molecule has 0 aliphatic rings. The van der Waals surface area contributed by atoms with E-state index in [-0.39, 0.29) is 0 Å². The molecular weight excluding hydrogens is 208 g/mol. The first-order chi connectivity index (χ1) is 6.24. The highest BCUT2D eigenvalue weighted by Crippen LogP contribution is 2.37. The van der Waals surface area contributed by atoms with E-state index >= 15 is 0 Å². The van der Waals surface area contributed by atoms with Crippen molar-refractivity contribution in [3.63, 3.8) is 0 Å². The van der Waals surface area contributed by atoms with Crippen molar-refractivity contribution in [1.29, 1.82) is 0 Å². The third kappa shape index (κ3) is 2.03. The number of rotatable bonds is 3. The van der Waals surface area contributed by atoms with Crippen molar-refractivity contribution in [2.75, 3.05) is 14.2 Å². The molecule has 13 heavy (non-hydrogen) atoms. The quantitative estimate of drug-likeness (QED) is 0.787. The summed E-state index contributed by atoms with van der Waals surface area (Å²) in [4.78, 5) is 0. The summed E-state index contributed by atoms with van der Waals surface area (Å²) in [6, 6.07) is 3.69. The standard InChI is InChI=1S/C9H11ClO2S/c1-11-7-4-3-6(5-13)8(10)9(7)12-2/h3-4,13H,5H2,1-2H3. The summed E-state index contributed by atoms with van der Waals surface area (Å²) in [5.41, 5.74) is 0.933. The van der Waals surface area contributed by atoms with Gasteiger partial charge in [-0.05, 0) is 11.6 Å². The molecule has 4 heteroatoms. The summed E-state index contributed by atoms with van der Waals surface area (Å²) in [5.74, 6) is 1.79. The lowest BCUT2D eigenvalue weighted by molar-refractivity contribution is 0.355. The van der Waals surface area contributed by atoms with Gasteiger partial charge in [0.05, 0.1) is 19.2 Å². The van der Waals surface area contributed by atoms with E-state index in [2.05, 4.69) is 12.6 Å². The van der Waals surface area contributed by atoms with Gasteiger partial charge in [0.2, 0.25) is 0 Å². The second kappa shape index (κ2) is 4.63. The van der Waals surface area contributed by atoms with Crippen LogP contribution in [-0.4, -0.2) is 14.2 Å². The van der Waals surface area contributed by atoms with Crippen LogP contribution in [0.5, 0.6) is 11.5 Å². The lowest BCUT2D eigenvalue weighted by Gasteiger charge is -2.11. The monoisotopic (exact) mass is 218 g/mol. The maximum Gasteiger partial charge on any atom is 0.179 e. The van der Waals surface area contributed by atoms with Crippen molar-refractivity contribution in [2.45, 2.75) is 5.75 Å². The van der Waals surface area contributed by atoms with Crippen LogP contribution >= 0.6 is 24.2 Å². The minimum Gasteiger partial charge on any atom is -0.493 e. The van der Waals surface area contributed by atoms with Crippen molar-refractivity contribution < 1.29 is 9.47 Å². The Morgan fingerprint density at radius 1 is 1.31 bits per heavy atom. The highest BCUT2D eigenvalue weighted by molar-refractivity contribution is 7.79. The minimum atomic E-state index is 0.565. The van der Waals surface area contributed by atoms with Crippen LogP contribution in [0.4, 0.5) is 0 Å². The number of thiol groups is 1. The molecule has 0 spiro atoms. The maximum atomic E-state index is 6.04. The second-order valence-electron chi connectivity index (χ2n) is 2.43. The topological polar surface area (TPSA) is 18.5 Å². The number of ether oxygens (including phenoxy) is 2. The van der Waals surface area contributed by atoms with Gasteiger partial charge in [-0.2, -0.15) is 12.6 Å². The molecule has 1 aromatic carbocycles. The first kappa shape index (κ1) is 10.5. The molecule has 72 valence electrons. The van der Waals surface area contributed by atoms with E-state index in [0.29, 0.717) is 22.3 Å². The van der Waals surface area contributed by atoms with Crippen molar-refractivity contribution in [3.8, 4) is 11.5 Å². The van der Waals surface area contributed by atoms with E-state index in [1.54, 1.807) is 14.2 Å². The molecule has 0 saturated carbocycles. The Hall–Kier alpha value is -0.540. The number of benzene rings is 1. The highest BCUT2D eigenvalue weighted by Gasteiger charge is 2.11. The van der Waals surface area contributed by atoms with Gasteiger partial charge in [0.1, 0.15) is 0 Å². The second-order valence-corrected chi connectivity index (χ2v) is 3.13. The van der Waals surface area contributed by atoms with Crippen molar-refractivity contribution in [2.24, 2.45) is 0 Å². The molecule has 0 radical (unpaired) electrons. The Morgan fingerprint density at radius 3 is 2.46 bits per heavy atom. The van der Waals surface area contributed by atoms with Crippen LogP contribution in [0.15, 0.2) is 12.1 Å². The SMILES string of the molecule is COc1ccc(CS)c(Cl)c1OC. The van der Waals surface area contributed by atoms with Crippen LogP contribution < -0.4 is 9.47 Å². The molecule has 0 unspecified atom stereocenters. The highest BCUT2D eigenvalue weighted by atomic mass is 35.5. The molecule has 0 bridgehead atoms. The number of halogens is 1. The summed E-state index contributed by atoms with van der Waals surface area (Å²) < 4.78 is 10.2. The van der Waals surface area contributed by atoms with Gasteiger partial charge in [-0.25, -0.2) is 0 Å². The van der Waals surface area contributed by atoms with Crippen LogP contribution in [-0.2, 0) is 5.75 Å². The molecule has 0 amide bonds. The Labute approximate surface area is 88.2 Å². The van der Waals surface area contributed by atoms with Crippen molar-refractivity contribution in [1.82, 2.24) is 0 Å². The number of hydrogen-bond acceptors (Lipinski definition) is 3. The Bertz CT molecular complexity index is 302. The van der Waals surface area contributed by atoms with Gasteiger partial charge < -0.3 is 9.47 Å². The van der Waals surface area contributed by atoms with Crippen LogP contribution in [0.3, 0.4) is 0 Å². The minimum absolute atomic E-state index is 0.565.